The third kappa shape index (κ3) is 4.31. The van der Waals surface area contributed by atoms with Crippen LogP contribution in [0.5, 0.6) is 0 Å². The Kier molecular flexibility index (Phi) is 6.84. The van der Waals surface area contributed by atoms with Gasteiger partial charge in [0.1, 0.15) is 0 Å². The highest BCUT2D eigenvalue weighted by Gasteiger charge is 2.26. The number of thioether (sulfide) groups is 1. The molecule has 94 valence electrons. The number of amides is 1. The minimum atomic E-state index is 0.249. The van der Waals surface area contributed by atoms with Crippen LogP contribution < -0.4 is 5.32 Å². The molecule has 16 heavy (non-hydrogen) atoms. The van der Waals surface area contributed by atoms with Gasteiger partial charge in [-0.2, -0.15) is 11.8 Å². The van der Waals surface area contributed by atoms with Gasteiger partial charge in [0, 0.05) is 38.4 Å². The van der Waals surface area contributed by atoms with E-state index in [1.165, 1.54) is 5.75 Å². The molecule has 0 aromatic carbocycles. The first kappa shape index (κ1) is 13.8. The van der Waals surface area contributed by atoms with Gasteiger partial charge in [-0.25, -0.2) is 0 Å². The fourth-order valence-electron chi connectivity index (χ4n) is 1.84. The molecule has 0 bridgehead atoms. The molecule has 1 atom stereocenters. The summed E-state index contributed by atoms with van der Waals surface area (Å²) in [6.07, 6.45) is 1.71. The van der Waals surface area contributed by atoms with Crippen LogP contribution in [0.1, 0.15) is 12.8 Å². The Morgan fingerprint density at radius 2 is 2.44 bits per heavy atom. The van der Waals surface area contributed by atoms with E-state index in [0.717, 1.165) is 25.3 Å². The first-order chi connectivity index (χ1) is 7.79. The van der Waals surface area contributed by atoms with Crippen LogP contribution >= 0.6 is 11.8 Å². The molecule has 5 heteroatoms. The lowest BCUT2D eigenvalue weighted by Gasteiger charge is -2.28. The highest BCUT2D eigenvalue weighted by Crippen LogP contribution is 2.22. The maximum Gasteiger partial charge on any atom is 0.224 e. The number of carbonyl (C=O) groups is 1. The Hall–Kier alpha value is -0.260. The van der Waals surface area contributed by atoms with Crippen molar-refractivity contribution in [3.8, 4) is 0 Å². The van der Waals surface area contributed by atoms with Gasteiger partial charge in [0.2, 0.25) is 5.91 Å². The Balaban J connectivity index is 2.44. The lowest BCUT2D eigenvalue weighted by molar-refractivity contribution is -0.133. The number of hydrogen-bond acceptors (Lipinski definition) is 4. The molecule has 1 fully saturated rings. The third-order valence-corrected chi connectivity index (χ3v) is 3.94. The van der Waals surface area contributed by atoms with Crippen molar-refractivity contribution < 1.29 is 9.53 Å². The molecule has 0 saturated carbocycles. The fraction of sp³-hybridized carbons (Fsp3) is 0.909. The van der Waals surface area contributed by atoms with Crippen LogP contribution in [0.15, 0.2) is 0 Å². The SMILES string of the molecule is CNCCC(=O)N(CCOC)C1CCSC1. The van der Waals surface area contributed by atoms with Crippen LogP contribution in [-0.2, 0) is 9.53 Å². The minimum Gasteiger partial charge on any atom is -0.383 e. The average Bonchev–Trinajstić information content (AvgIpc) is 2.80. The second-order valence-corrected chi connectivity index (χ2v) is 5.10. The number of methoxy groups -OCH3 is 1. The molecule has 1 N–H and O–H groups in total. The molecule has 1 heterocycles. The van der Waals surface area contributed by atoms with Crippen LogP contribution in [-0.4, -0.2) is 62.2 Å². The van der Waals surface area contributed by atoms with Gasteiger partial charge in [-0.3, -0.25) is 4.79 Å². The Morgan fingerprint density at radius 1 is 1.62 bits per heavy atom. The van der Waals surface area contributed by atoms with E-state index in [1.54, 1.807) is 7.11 Å². The summed E-state index contributed by atoms with van der Waals surface area (Å²) < 4.78 is 5.07. The number of rotatable bonds is 7. The van der Waals surface area contributed by atoms with Gasteiger partial charge in [-0.05, 0) is 19.2 Å². The fourth-order valence-corrected chi connectivity index (χ4v) is 3.07. The van der Waals surface area contributed by atoms with Crippen molar-refractivity contribution in [3.63, 3.8) is 0 Å². The molecular weight excluding hydrogens is 224 g/mol. The van der Waals surface area contributed by atoms with Gasteiger partial charge in [0.15, 0.2) is 0 Å². The third-order valence-electron chi connectivity index (χ3n) is 2.79. The van der Waals surface area contributed by atoms with Crippen LogP contribution in [0.4, 0.5) is 0 Å². The van der Waals surface area contributed by atoms with Crippen molar-refractivity contribution >= 4 is 17.7 Å². The van der Waals surface area contributed by atoms with Crippen molar-refractivity contribution in [3.05, 3.63) is 0 Å². The van der Waals surface area contributed by atoms with Crippen molar-refractivity contribution in [2.75, 3.05) is 45.4 Å². The minimum absolute atomic E-state index is 0.249. The maximum atomic E-state index is 12.0. The molecule has 0 aromatic heterocycles. The zero-order valence-electron chi connectivity index (χ0n) is 10.2. The summed E-state index contributed by atoms with van der Waals surface area (Å²) in [6.45, 7) is 2.11. The standard InChI is InChI=1S/C11H22N2O2S/c1-12-5-3-11(14)13(6-7-15-2)10-4-8-16-9-10/h10,12H,3-9H2,1-2H3. The molecular formula is C11H22N2O2S. The van der Waals surface area contributed by atoms with Gasteiger partial charge in [-0.1, -0.05) is 0 Å². The zero-order valence-corrected chi connectivity index (χ0v) is 11.0. The normalized spacial score (nSPS) is 20.0. The van der Waals surface area contributed by atoms with E-state index in [9.17, 15) is 4.79 Å². The molecule has 1 aliphatic rings. The smallest absolute Gasteiger partial charge is 0.224 e. The summed E-state index contributed by atoms with van der Waals surface area (Å²) in [7, 11) is 3.55. The number of nitrogens with one attached hydrogen (secondary N) is 1. The number of ether oxygens (including phenoxy) is 1. The molecule has 1 saturated heterocycles. The summed E-state index contributed by atoms with van der Waals surface area (Å²) in [5, 5.41) is 3.02. The Bertz CT molecular complexity index is 208. The monoisotopic (exact) mass is 246 g/mol. The van der Waals surface area contributed by atoms with Crippen molar-refractivity contribution in [1.29, 1.82) is 0 Å². The summed E-state index contributed by atoms with van der Waals surface area (Å²) in [6, 6.07) is 0.421. The predicted octanol–water partition coefficient (Wildman–Crippen LogP) is 0.576. The molecule has 1 unspecified atom stereocenters. The average molecular weight is 246 g/mol. The van der Waals surface area contributed by atoms with E-state index in [2.05, 4.69) is 5.32 Å². The summed E-state index contributed by atoms with van der Waals surface area (Å²) in [4.78, 5) is 14.0. The topological polar surface area (TPSA) is 41.6 Å². The summed E-state index contributed by atoms with van der Waals surface area (Å²) in [5.74, 6) is 2.50. The van der Waals surface area contributed by atoms with Gasteiger partial charge in [-0.15, -0.1) is 0 Å². The molecule has 0 aliphatic carbocycles. The van der Waals surface area contributed by atoms with Gasteiger partial charge in [0.05, 0.1) is 6.61 Å². The second kappa shape index (κ2) is 7.92. The van der Waals surface area contributed by atoms with E-state index < -0.39 is 0 Å². The maximum absolute atomic E-state index is 12.0. The van der Waals surface area contributed by atoms with Crippen molar-refractivity contribution in [2.24, 2.45) is 0 Å². The van der Waals surface area contributed by atoms with E-state index in [1.807, 2.05) is 23.7 Å². The van der Waals surface area contributed by atoms with Gasteiger partial charge in [0.25, 0.3) is 0 Å². The Morgan fingerprint density at radius 3 is 3.00 bits per heavy atom. The van der Waals surface area contributed by atoms with Crippen LogP contribution in [0.3, 0.4) is 0 Å². The largest absolute Gasteiger partial charge is 0.383 e. The molecule has 1 amide bonds. The number of carbonyl (C=O) groups excluding carboxylic acids is 1. The molecule has 1 aliphatic heterocycles. The van der Waals surface area contributed by atoms with Crippen molar-refractivity contribution in [2.45, 2.75) is 18.9 Å². The zero-order chi connectivity index (χ0) is 11.8. The van der Waals surface area contributed by atoms with Crippen LogP contribution in [0.25, 0.3) is 0 Å². The summed E-state index contributed by atoms with van der Waals surface area (Å²) >= 11 is 1.93. The highest BCUT2D eigenvalue weighted by molar-refractivity contribution is 7.99. The van der Waals surface area contributed by atoms with Gasteiger partial charge < -0.3 is 15.0 Å². The molecule has 4 nitrogen and oxygen atoms in total. The van der Waals surface area contributed by atoms with E-state index in [0.29, 0.717) is 19.1 Å². The Labute approximate surface area is 102 Å². The molecule has 0 aromatic rings. The lowest BCUT2D eigenvalue weighted by Crippen LogP contribution is -2.43. The van der Waals surface area contributed by atoms with E-state index >= 15 is 0 Å². The van der Waals surface area contributed by atoms with Crippen molar-refractivity contribution in [1.82, 2.24) is 10.2 Å². The first-order valence-corrected chi connectivity index (χ1v) is 6.95. The predicted molar refractivity (Wildman–Crippen MR) is 67.9 cm³/mol. The quantitative estimate of drug-likeness (QED) is 0.713. The highest BCUT2D eigenvalue weighted by atomic mass is 32.2. The van der Waals surface area contributed by atoms with E-state index in [-0.39, 0.29) is 5.91 Å². The number of nitrogens with zero attached hydrogens (tertiary/aromatic N) is 1. The van der Waals surface area contributed by atoms with Crippen LogP contribution in [0.2, 0.25) is 0 Å². The van der Waals surface area contributed by atoms with Gasteiger partial charge >= 0.3 is 0 Å². The first-order valence-electron chi connectivity index (χ1n) is 5.80. The molecule has 1 rings (SSSR count). The summed E-state index contributed by atoms with van der Waals surface area (Å²) in [5.41, 5.74) is 0. The number of hydrogen-bond donors (Lipinski definition) is 1. The molecule has 0 radical (unpaired) electrons. The van der Waals surface area contributed by atoms with E-state index in [4.69, 9.17) is 4.74 Å². The second-order valence-electron chi connectivity index (χ2n) is 3.95. The molecule has 0 spiro atoms. The van der Waals surface area contributed by atoms with Crippen LogP contribution in [0, 0.1) is 0 Å². The lowest BCUT2D eigenvalue weighted by atomic mass is 10.2.